The van der Waals surface area contributed by atoms with E-state index in [0.29, 0.717) is 37.9 Å². The second-order valence-corrected chi connectivity index (χ2v) is 8.78. The number of amides is 3. The minimum Gasteiger partial charge on any atom is -0.489 e. The lowest BCUT2D eigenvalue weighted by molar-refractivity contribution is -0.174. The van der Waals surface area contributed by atoms with Crippen LogP contribution in [0.5, 0.6) is 5.75 Å². The first-order valence-electron chi connectivity index (χ1n) is 10.8. The van der Waals surface area contributed by atoms with Crippen molar-refractivity contribution >= 4 is 29.3 Å². The van der Waals surface area contributed by atoms with E-state index in [2.05, 4.69) is 10.6 Å². The van der Waals surface area contributed by atoms with Crippen molar-refractivity contribution < 1.29 is 32.3 Å². The lowest BCUT2D eigenvalue weighted by atomic mass is 9.82. The third-order valence-corrected chi connectivity index (χ3v) is 5.73. The predicted octanol–water partition coefficient (Wildman–Crippen LogP) is 3.60. The Morgan fingerprint density at radius 1 is 1.15 bits per heavy atom. The maximum absolute atomic E-state index is 12.7. The maximum Gasteiger partial charge on any atom is 0.471 e. The largest absolute Gasteiger partial charge is 0.489 e. The molecule has 0 saturated heterocycles. The number of rotatable bonds is 8. The Morgan fingerprint density at radius 3 is 2.30 bits per heavy atom. The number of hydrogen-bond acceptors (Lipinski definition) is 4. The molecule has 11 heteroatoms. The molecule has 184 valence electrons. The Morgan fingerprint density at radius 2 is 1.79 bits per heavy atom. The Kier molecular flexibility index (Phi) is 9.39. The molecule has 1 saturated carbocycles. The molecule has 7 nitrogen and oxygen atoms in total. The first-order valence-corrected chi connectivity index (χ1v) is 11.1. The number of benzene rings is 1. The smallest absolute Gasteiger partial charge is 0.471 e. The number of carbonyl (C=O) groups is 3. The standard InChI is InChI=1S/C22H29ClF3N3O4/c1-12(2)33-18-9-6-14(11-16(18)23)19(30)29-17(20(31)27-3)10-13-4-7-15(8-5-13)28-21(32)22(24,25)26/h6,9,11-13,15,17H,4-5,7-8,10H2,1-3H3,(H,27,31)(H,28,32)(H,29,30). The molecule has 3 amide bonds. The van der Waals surface area contributed by atoms with Gasteiger partial charge >= 0.3 is 12.1 Å². The van der Waals surface area contributed by atoms with Crippen molar-refractivity contribution in [1.29, 1.82) is 0 Å². The number of nitrogens with one attached hydrogen (secondary N) is 3. The zero-order valence-corrected chi connectivity index (χ0v) is 19.5. The molecule has 1 fully saturated rings. The molecule has 2 rings (SSSR count). The van der Waals surface area contributed by atoms with Gasteiger partial charge in [-0.05, 0) is 70.1 Å². The van der Waals surface area contributed by atoms with E-state index in [9.17, 15) is 27.6 Å². The fourth-order valence-corrected chi connectivity index (χ4v) is 4.01. The lowest BCUT2D eigenvalue weighted by Gasteiger charge is -2.31. The van der Waals surface area contributed by atoms with Gasteiger partial charge in [-0.2, -0.15) is 13.2 Å². The summed E-state index contributed by atoms with van der Waals surface area (Å²) in [5.41, 5.74) is 0.267. The number of alkyl halides is 3. The van der Waals surface area contributed by atoms with Crippen LogP contribution in [0.1, 0.15) is 56.3 Å². The predicted molar refractivity (Wildman–Crippen MR) is 117 cm³/mol. The summed E-state index contributed by atoms with van der Waals surface area (Å²) in [5, 5.41) is 7.51. The van der Waals surface area contributed by atoms with Crippen molar-refractivity contribution in [2.45, 2.75) is 70.3 Å². The summed E-state index contributed by atoms with van der Waals surface area (Å²) < 4.78 is 42.9. The summed E-state index contributed by atoms with van der Waals surface area (Å²) in [6.45, 7) is 3.70. The van der Waals surface area contributed by atoms with Crippen molar-refractivity contribution in [1.82, 2.24) is 16.0 Å². The van der Waals surface area contributed by atoms with Gasteiger partial charge in [0.05, 0.1) is 11.1 Å². The van der Waals surface area contributed by atoms with E-state index >= 15 is 0 Å². The third-order valence-electron chi connectivity index (χ3n) is 5.43. The van der Waals surface area contributed by atoms with Gasteiger partial charge in [0.1, 0.15) is 11.8 Å². The van der Waals surface area contributed by atoms with Gasteiger partial charge in [0.15, 0.2) is 0 Å². The number of hydrogen-bond donors (Lipinski definition) is 3. The fourth-order valence-electron chi connectivity index (χ4n) is 3.78. The summed E-state index contributed by atoms with van der Waals surface area (Å²) in [7, 11) is 1.46. The minimum atomic E-state index is -4.91. The minimum absolute atomic E-state index is 0.0112. The highest BCUT2D eigenvalue weighted by molar-refractivity contribution is 6.32. The molecule has 1 aliphatic rings. The molecule has 0 aliphatic heterocycles. The van der Waals surface area contributed by atoms with Gasteiger partial charge in [0.2, 0.25) is 5.91 Å². The number of carbonyl (C=O) groups excluding carboxylic acids is 3. The lowest BCUT2D eigenvalue weighted by Crippen LogP contribution is -2.48. The van der Waals surface area contributed by atoms with Crippen molar-refractivity contribution in [3.63, 3.8) is 0 Å². The SMILES string of the molecule is CNC(=O)C(CC1CCC(NC(=O)C(F)(F)F)CC1)NC(=O)c1ccc(OC(C)C)c(Cl)c1. The Labute approximate surface area is 195 Å². The van der Waals surface area contributed by atoms with E-state index < -0.39 is 30.1 Å². The third kappa shape index (κ3) is 8.10. The Bertz CT molecular complexity index is 856. The molecule has 0 spiro atoms. The van der Waals surface area contributed by atoms with E-state index in [1.165, 1.54) is 13.1 Å². The molecule has 0 aromatic heterocycles. The van der Waals surface area contributed by atoms with Crippen LogP contribution >= 0.6 is 11.6 Å². The van der Waals surface area contributed by atoms with Gasteiger partial charge in [-0.25, -0.2) is 0 Å². The van der Waals surface area contributed by atoms with Crippen LogP contribution in [0.25, 0.3) is 0 Å². The van der Waals surface area contributed by atoms with Gasteiger partial charge in [0, 0.05) is 18.7 Å². The monoisotopic (exact) mass is 491 g/mol. The van der Waals surface area contributed by atoms with Crippen LogP contribution in [-0.4, -0.2) is 49.1 Å². The normalized spacial score (nSPS) is 19.5. The second kappa shape index (κ2) is 11.6. The van der Waals surface area contributed by atoms with Crippen molar-refractivity contribution in [3.05, 3.63) is 28.8 Å². The van der Waals surface area contributed by atoms with E-state index in [0.717, 1.165) is 0 Å². The summed E-state index contributed by atoms with van der Waals surface area (Å²) in [4.78, 5) is 36.2. The van der Waals surface area contributed by atoms with Gasteiger partial charge in [0.25, 0.3) is 5.91 Å². The summed E-state index contributed by atoms with van der Waals surface area (Å²) in [5.74, 6) is -2.34. The molecule has 1 aromatic rings. The molecule has 0 bridgehead atoms. The number of ether oxygens (including phenoxy) is 1. The molecule has 3 N–H and O–H groups in total. The zero-order chi connectivity index (χ0) is 24.8. The summed E-state index contributed by atoms with van der Waals surface area (Å²) in [6.07, 6.45) is -2.88. The summed E-state index contributed by atoms with van der Waals surface area (Å²) >= 11 is 6.19. The van der Waals surface area contributed by atoms with Crippen LogP contribution in [-0.2, 0) is 9.59 Å². The molecular formula is C22H29ClF3N3O4. The van der Waals surface area contributed by atoms with Crippen LogP contribution < -0.4 is 20.7 Å². The zero-order valence-electron chi connectivity index (χ0n) is 18.7. The average Bonchev–Trinajstić information content (AvgIpc) is 2.74. The van der Waals surface area contributed by atoms with Crippen molar-refractivity contribution in [2.75, 3.05) is 7.05 Å². The maximum atomic E-state index is 12.7. The highest BCUT2D eigenvalue weighted by atomic mass is 35.5. The molecular weight excluding hydrogens is 463 g/mol. The molecule has 1 aliphatic carbocycles. The highest BCUT2D eigenvalue weighted by Gasteiger charge is 2.40. The van der Waals surface area contributed by atoms with E-state index in [1.54, 1.807) is 12.1 Å². The van der Waals surface area contributed by atoms with Gasteiger partial charge < -0.3 is 20.7 Å². The number of halogens is 4. The van der Waals surface area contributed by atoms with Crippen LogP contribution in [0, 0.1) is 5.92 Å². The molecule has 0 heterocycles. The average molecular weight is 492 g/mol. The topological polar surface area (TPSA) is 96.5 Å². The molecule has 33 heavy (non-hydrogen) atoms. The van der Waals surface area contributed by atoms with Gasteiger partial charge in [-0.15, -0.1) is 0 Å². The second-order valence-electron chi connectivity index (χ2n) is 8.38. The van der Waals surface area contributed by atoms with Crippen LogP contribution in [0.3, 0.4) is 0 Å². The van der Waals surface area contributed by atoms with Crippen LogP contribution in [0.4, 0.5) is 13.2 Å². The first-order chi connectivity index (χ1) is 15.4. The Balaban J connectivity index is 1.96. The molecule has 1 atom stereocenters. The van der Waals surface area contributed by atoms with E-state index in [1.807, 2.05) is 19.2 Å². The van der Waals surface area contributed by atoms with Gasteiger partial charge in [-0.1, -0.05) is 11.6 Å². The quantitative estimate of drug-likeness (QED) is 0.517. The van der Waals surface area contributed by atoms with E-state index in [-0.39, 0.29) is 28.5 Å². The van der Waals surface area contributed by atoms with Gasteiger partial charge in [-0.3, -0.25) is 14.4 Å². The van der Waals surface area contributed by atoms with Crippen LogP contribution in [0.15, 0.2) is 18.2 Å². The number of likely N-dealkylation sites (N-methyl/N-ethyl adjacent to an activating group) is 1. The van der Waals surface area contributed by atoms with Crippen molar-refractivity contribution in [3.8, 4) is 5.75 Å². The fraction of sp³-hybridized carbons (Fsp3) is 0.591. The van der Waals surface area contributed by atoms with Crippen molar-refractivity contribution in [2.24, 2.45) is 5.92 Å². The Hall–Kier alpha value is -2.49. The summed E-state index contributed by atoms with van der Waals surface area (Å²) in [6, 6.07) is 3.22. The first kappa shape index (κ1) is 26.8. The van der Waals surface area contributed by atoms with E-state index in [4.69, 9.17) is 16.3 Å². The van der Waals surface area contributed by atoms with Crippen LogP contribution in [0.2, 0.25) is 5.02 Å². The molecule has 1 unspecified atom stereocenters. The molecule has 0 radical (unpaired) electrons. The highest BCUT2D eigenvalue weighted by Crippen LogP contribution is 2.30. The molecule has 1 aromatic carbocycles.